The molecule has 0 spiro atoms. The molecule has 1 saturated heterocycles. The van der Waals surface area contributed by atoms with E-state index < -0.39 is 60.2 Å². The summed E-state index contributed by atoms with van der Waals surface area (Å²) in [6.07, 6.45) is 3.40. The quantitative estimate of drug-likeness (QED) is 0.213. The number of imidazole rings is 1. The fraction of sp³-hybridized carbons (Fsp3) is 0.619. The summed E-state index contributed by atoms with van der Waals surface area (Å²) in [4.78, 5) is 69.2. The van der Waals surface area contributed by atoms with Crippen molar-refractivity contribution >= 4 is 29.7 Å². The zero-order valence-electron chi connectivity index (χ0n) is 19.2. The van der Waals surface area contributed by atoms with E-state index >= 15 is 0 Å². The topological polar surface area (TPSA) is 208 Å². The molecule has 0 aromatic carbocycles. The number of carbonyl (C=O) groups excluding carboxylic acids is 3. The maximum Gasteiger partial charge on any atom is 0.326 e. The molecule has 0 aliphatic carbocycles. The highest BCUT2D eigenvalue weighted by Crippen LogP contribution is 2.19. The van der Waals surface area contributed by atoms with Gasteiger partial charge in [-0.2, -0.15) is 0 Å². The average Bonchev–Trinajstić information content (AvgIpc) is 3.43. The summed E-state index contributed by atoms with van der Waals surface area (Å²) in [7, 11) is 0. The molecule has 13 nitrogen and oxygen atoms in total. The Morgan fingerprint density at radius 3 is 2.41 bits per heavy atom. The number of carboxylic acid groups (broad SMARTS) is 2. The summed E-state index contributed by atoms with van der Waals surface area (Å²) >= 11 is 0. The van der Waals surface area contributed by atoms with Gasteiger partial charge in [0.25, 0.3) is 0 Å². The molecule has 7 N–H and O–H groups in total. The normalized spacial score (nSPS) is 18.2. The van der Waals surface area contributed by atoms with Gasteiger partial charge in [-0.3, -0.25) is 19.2 Å². The smallest absolute Gasteiger partial charge is 0.326 e. The standard InChI is InChI=1S/C21H32N6O7/c1-11(2)6-14(25-18(30)13(22)8-17(28)29)19(31)26-15(7-12-9-23-10-24-12)20(32)27-5-3-4-16(27)21(33)34/h9-11,13-16H,3-8,22H2,1-2H3,(H,23,24)(H,25,30)(H,26,31)(H,28,29)(H,33,34). The molecular weight excluding hydrogens is 448 g/mol. The maximum absolute atomic E-state index is 13.3. The summed E-state index contributed by atoms with van der Waals surface area (Å²) in [5.74, 6) is -4.40. The number of aromatic nitrogens is 2. The molecule has 0 radical (unpaired) electrons. The number of likely N-dealkylation sites (tertiary alicyclic amines) is 1. The second kappa shape index (κ2) is 12.1. The number of nitrogens with zero attached hydrogens (tertiary/aromatic N) is 2. The number of aromatic amines is 1. The second-order valence-electron chi connectivity index (χ2n) is 8.77. The lowest BCUT2D eigenvalue weighted by atomic mass is 10.0. The van der Waals surface area contributed by atoms with Gasteiger partial charge in [0.05, 0.1) is 18.8 Å². The predicted molar refractivity (Wildman–Crippen MR) is 118 cm³/mol. The minimum absolute atomic E-state index is 0.0246. The van der Waals surface area contributed by atoms with Crippen LogP contribution in [0.5, 0.6) is 0 Å². The first-order valence-electron chi connectivity index (χ1n) is 11.1. The van der Waals surface area contributed by atoms with Crippen molar-refractivity contribution in [3.8, 4) is 0 Å². The van der Waals surface area contributed by atoms with E-state index in [4.69, 9.17) is 10.8 Å². The number of carboxylic acids is 2. The Morgan fingerprint density at radius 1 is 1.18 bits per heavy atom. The first-order chi connectivity index (χ1) is 16.0. The fourth-order valence-electron chi connectivity index (χ4n) is 3.84. The molecule has 0 saturated carbocycles. The number of carbonyl (C=O) groups is 5. The monoisotopic (exact) mass is 480 g/mol. The lowest BCUT2D eigenvalue weighted by molar-refractivity contribution is -0.149. The van der Waals surface area contributed by atoms with Crippen molar-refractivity contribution in [1.29, 1.82) is 0 Å². The van der Waals surface area contributed by atoms with E-state index in [1.807, 2.05) is 13.8 Å². The Morgan fingerprint density at radius 2 is 1.85 bits per heavy atom. The Hall–Kier alpha value is -3.48. The number of amides is 3. The van der Waals surface area contributed by atoms with Crippen molar-refractivity contribution in [2.45, 2.75) is 70.1 Å². The first kappa shape index (κ1) is 26.8. The summed E-state index contributed by atoms with van der Waals surface area (Å²) in [6.45, 7) is 3.92. The largest absolute Gasteiger partial charge is 0.481 e. The fourth-order valence-corrected chi connectivity index (χ4v) is 3.84. The van der Waals surface area contributed by atoms with Gasteiger partial charge in [-0.15, -0.1) is 0 Å². The van der Waals surface area contributed by atoms with Gasteiger partial charge in [-0.05, 0) is 25.2 Å². The van der Waals surface area contributed by atoms with E-state index in [1.165, 1.54) is 17.4 Å². The summed E-state index contributed by atoms with van der Waals surface area (Å²) in [5, 5.41) is 23.4. The molecule has 1 fully saturated rings. The molecule has 1 aliphatic rings. The van der Waals surface area contributed by atoms with Crippen molar-refractivity contribution in [3.05, 3.63) is 18.2 Å². The number of rotatable bonds is 12. The van der Waals surface area contributed by atoms with Gasteiger partial charge in [-0.1, -0.05) is 13.8 Å². The molecule has 4 atom stereocenters. The number of H-pyrrole nitrogens is 1. The molecule has 2 heterocycles. The highest BCUT2D eigenvalue weighted by molar-refractivity contribution is 5.95. The zero-order valence-corrected chi connectivity index (χ0v) is 19.2. The van der Waals surface area contributed by atoms with Crippen LogP contribution >= 0.6 is 0 Å². The third kappa shape index (κ3) is 7.54. The Labute approximate surface area is 196 Å². The average molecular weight is 481 g/mol. The molecule has 1 aromatic rings. The summed E-state index contributed by atoms with van der Waals surface area (Å²) < 4.78 is 0. The molecule has 188 valence electrons. The number of nitrogens with two attached hydrogens (primary N) is 1. The lowest BCUT2D eigenvalue weighted by Crippen LogP contribution is -2.58. The van der Waals surface area contributed by atoms with E-state index in [1.54, 1.807) is 0 Å². The van der Waals surface area contributed by atoms with Gasteiger partial charge >= 0.3 is 11.9 Å². The summed E-state index contributed by atoms with van der Waals surface area (Å²) in [5.41, 5.74) is 6.16. The zero-order chi connectivity index (χ0) is 25.4. The lowest BCUT2D eigenvalue weighted by Gasteiger charge is -2.29. The van der Waals surface area contributed by atoms with E-state index in [9.17, 15) is 29.1 Å². The van der Waals surface area contributed by atoms with Crippen LogP contribution in [0.4, 0.5) is 0 Å². The Bertz CT molecular complexity index is 888. The number of aliphatic carboxylic acids is 2. The van der Waals surface area contributed by atoms with Gasteiger partial charge < -0.3 is 36.5 Å². The van der Waals surface area contributed by atoms with Crippen LogP contribution in [0.1, 0.15) is 45.2 Å². The van der Waals surface area contributed by atoms with Crippen molar-refractivity contribution in [1.82, 2.24) is 25.5 Å². The maximum atomic E-state index is 13.3. The molecule has 1 aliphatic heterocycles. The van der Waals surface area contributed by atoms with E-state index in [-0.39, 0.29) is 25.3 Å². The SMILES string of the molecule is CC(C)CC(NC(=O)C(N)CC(=O)O)C(=O)NC(Cc1cnc[nH]1)C(=O)N1CCCC1C(=O)O. The van der Waals surface area contributed by atoms with Gasteiger partial charge in [0.1, 0.15) is 18.1 Å². The van der Waals surface area contributed by atoms with Gasteiger partial charge in [-0.25, -0.2) is 9.78 Å². The molecule has 1 aromatic heterocycles. The van der Waals surface area contributed by atoms with Gasteiger partial charge in [0.2, 0.25) is 17.7 Å². The molecule has 34 heavy (non-hydrogen) atoms. The molecule has 4 unspecified atom stereocenters. The van der Waals surface area contributed by atoms with Gasteiger partial charge in [0, 0.05) is 24.9 Å². The third-order valence-electron chi connectivity index (χ3n) is 5.49. The predicted octanol–water partition coefficient (Wildman–Crippen LogP) is -1.15. The van der Waals surface area contributed by atoms with Crippen LogP contribution in [0.3, 0.4) is 0 Å². The molecule has 2 rings (SSSR count). The van der Waals surface area contributed by atoms with Crippen molar-refractivity contribution in [3.63, 3.8) is 0 Å². The van der Waals surface area contributed by atoms with Crippen LogP contribution in [-0.2, 0) is 30.4 Å². The van der Waals surface area contributed by atoms with Crippen LogP contribution in [0.25, 0.3) is 0 Å². The highest BCUT2D eigenvalue weighted by atomic mass is 16.4. The number of nitrogens with one attached hydrogen (secondary N) is 3. The molecule has 0 bridgehead atoms. The summed E-state index contributed by atoms with van der Waals surface area (Å²) in [6, 6.07) is -4.50. The van der Waals surface area contributed by atoms with Crippen molar-refractivity contribution in [2.24, 2.45) is 11.7 Å². The van der Waals surface area contributed by atoms with Crippen molar-refractivity contribution in [2.75, 3.05) is 6.54 Å². The Balaban J connectivity index is 2.21. The number of hydrogen-bond acceptors (Lipinski definition) is 7. The highest BCUT2D eigenvalue weighted by Gasteiger charge is 2.38. The number of hydrogen-bond donors (Lipinski definition) is 6. The van der Waals surface area contributed by atoms with E-state index in [2.05, 4.69) is 20.6 Å². The molecule has 3 amide bonds. The minimum atomic E-state index is -1.34. The van der Waals surface area contributed by atoms with Crippen LogP contribution in [0.2, 0.25) is 0 Å². The third-order valence-corrected chi connectivity index (χ3v) is 5.49. The van der Waals surface area contributed by atoms with Crippen LogP contribution in [0, 0.1) is 5.92 Å². The minimum Gasteiger partial charge on any atom is -0.481 e. The van der Waals surface area contributed by atoms with Crippen LogP contribution in [-0.4, -0.2) is 85.5 Å². The molecular formula is C21H32N6O7. The van der Waals surface area contributed by atoms with E-state index in [0.717, 1.165) is 0 Å². The van der Waals surface area contributed by atoms with E-state index in [0.29, 0.717) is 18.5 Å². The van der Waals surface area contributed by atoms with Crippen molar-refractivity contribution < 1.29 is 34.2 Å². The van der Waals surface area contributed by atoms with Gasteiger partial charge in [0.15, 0.2) is 0 Å². The van der Waals surface area contributed by atoms with Crippen LogP contribution in [0.15, 0.2) is 12.5 Å². The molecule has 13 heteroatoms. The first-order valence-corrected chi connectivity index (χ1v) is 11.1. The van der Waals surface area contributed by atoms with Crippen LogP contribution < -0.4 is 16.4 Å². The second-order valence-corrected chi connectivity index (χ2v) is 8.77. The Kier molecular flexibility index (Phi) is 9.54.